The van der Waals surface area contributed by atoms with Gasteiger partial charge in [0.15, 0.2) is 0 Å². The van der Waals surface area contributed by atoms with Crippen molar-refractivity contribution in [3.63, 3.8) is 0 Å². The van der Waals surface area contributed by atoms with Gasteiger partial charge in [-0.15, -0.1) is 0 Å². The normalized spacial score (nSPS) is 39.1. The number of hydrogen-bond acceptors (Lipinski definition) is 4. The third-order valence-electron chi connectivity index (χ3n) is 12.2. The van der Waals surface area contributed by atoms with E-state index < -0.39 is 12.0 Å². The number of amides is 1. The molecule has 4 N–H and O–H groups in total. The number of fused-ring (bicyclic) bond motifs is 5. The number of carbonyl (C=O) groups is 2. The smallest absolute Gasteiger partial charge is 0.326 e. The molecule has 0 aromatic heterocycles. The summed E-state index contributed by atoms with van der Waals surface area (Å²) >= 11 is 0. The number of carboxylic acid groups (broad SMARTS) is 1. The van der Waals surface area contributed by atoms with E-state index in [2.05, 4.69) is 26.1 Å². The van der Waals surface area contributed by atoms with Gasteiger partial charge in [0.1, 0.15) is 11.8 Å². The molecule has 0 aliphatic heterocycles. The number of benzene rings is 1. The zero-order valence-corrected chi connectivity index (χ0v) is 24.1. The number of aromatic hydroxyl groups is 1. The van der Waals surface area contributed by atoms with Crippen LogP contribution in [0.25, 0.3) is 0 Å². The van der Waals surface area contributed by atoms with Gasteiger partial charge in [-0.25, -0.2) is 4.79 Å². The molecule has 0 spiro atoms. The number of rotatable bonds is 8. The summed E-state index contributed by atoms with van der Waals surface area (Å²) in [6.07, 6.45) is 12.1. The van der Waals surface area contributed by atoms with Gasteiger partial charge in [-0.3, -0.25) is 4.79 Å². The Labute approximate surface area is 234 Å². The third kappa shape index (κ3) is 5.47. The Morgan fingerprint density at radius 1 is 0.974 bits per heavy atom. The largest absolute Gasteiger partial charge is 0.508 e. The van der Waals surface area contributed by atoms with Crippen molar-refractivity contribution in [1.29, 1.82) is 0 Å². The summed E-state index contributed by atoms with van der Waals surface area (Å²) in [6.45, 7) is 7.39. The van der Waals surface area contributed by atoms with Gasteiger partial charge in [0.2, 0.25) is 5.91 Å². The van der Waals surface area contributed by atoms with Crippen molar-refractivity contribution in [3.05, 3.63) is 29.8 Å². The fraction of sp³-hybridized carbons (Fsp3) is 0.758. The Morgan fingerprint density at radius 2 is 1.67 bits per heavy atom. The fourth-order valence-corrected chi connectivity index (χ4v) is 10.1. The average Bonchev–Trinajstić information content (AvgIpc) is 3.26. The summed E-state index contributed by atoms with van der Waals surface area (Å²) in [7, 11) is 0. The van der Waals surface area contributed by atoms with Crippen LogP contribution in [0.1, 0.15) is 97.0 Å². The second-order valence-electron chi connectivity index (χ2n) is 14.2. The maximum Gasteiger partial charge on any atom is 0.326 e. The summed E-state index contributed by atoms with van der Waals surface area (Å²) in [5.74, 6) is 3.00. The monoisotopic (exact) mass is 539 g/mol. The van der Waals surface area contributed by atoms with Gasteiger partial charge in [0.05, 0.1) is 6.10 Å². The summed E-state index contributed by atoms with van der Waals surface area (Å²) in [6, 6.07) is 5.47. The molecule has 2 unspecified atom stereocenters. The predicted molar refractivity (Wildman–Crippen MR) is 151 cm³/mol. The van der Waals surface area contributed by atoms with Crippen LogP contribution < -0.4 is 5.32 Å². The van der Waals surface area contributed by atoms with Crippen molar-refractivity contribution < 1.29 is 24.9 Å². The molecule has 1 amide bonds. The number of aliphatic hydroxyl groups excluding tert-OH is 1. The first-order valence-corrected chi connectivity index (χ1v) is 15.5. The highest BCUT2D eigenvalue weighted by molar-refractivity contribution is 5.83. The zero-order chi connectivity index (χ0) is 27.9. The van der Waals surface area contributed by atoms with Crippen molar-refractivity contribution in [1.82, 2.24) is 5.32 Å². The lowest BCUT2D eigenvalue weighted by Gasteiger charge is -2.61. The molecule has 1 aromatic carbocycles. The second-order valence-corrected chi connectivity index (χ2v) is 14.2. The highest BCUT2D eigenvalue weighted by atomic mass is 16.4. The summed E-state index contributed by atoms with van der Waals surface area (Å²) < 4.78 is 0. The third-order valence-corrected chi connectivity index (χ3v) is 12.2. The Bertz CT molecular complexity index is 1040. The average molecular weight is 540 g/mol. The van der Waals surface area contributed by atoms with E-state index in [1.165, 1.54) is 57.1 Å². The maximum atomic E-state index is 12.8. The minimum atomic E-state index is -1.04. The van der Waals surface area contributed by atoms with Crippen LogP contribution in [0, 0.1) is 46.3 Å². The standard InChI is InChI=1S/C33H49NO5/c1-20(4-13-30(37)34-29(31(38)39)18-21-5-8-23(35)9-6-21)26-11-12-27-25-10-7-22-19-24(36)14-16-32(22,2)28(25)15-17-33(26,27)3/h5-6,8-9,20,22,24-29,35-36H,4,7,10-19H2,1-3H3,(H,34,37)(H,38,39)/t20?,22-,24-,25+,26-,27+,28+,29?,32+,33-/m1/s1. The highest BCUT2D eigenvalue weighted by Gasteiger charge is 2.60. The van der Waals surface area contributed by atoms with Crippen LogP contribution in [0.15, 0.2) is 24.3 Å². The summed E-state index contributed by atoms with van der Waals surface area (Å²) in [5, 5.41) is 32.2. The molecule has 0 radical (unpaired) electrons. The number of nitrogens with one attached hydrogen (secondary N) is 1. The molecule has 0 heterocycles. The van der Waals surface area contributed by atoms with Crippen LogP contribution in [-0.2, 0) is 16.0 Å². The van der Waals surface area contributed by atoms with Gasteiger partial charge in [0, 0.05) is 12.8 Å². The second kappa shape index (κ2) is 11.1. The first-order valence-electron chi connectivity index (χ1n) is 15.5. The molecule has 0 saturated heterocycles. The molecule has 0 bridgehead atoms. The van der Waals surface area contributed by atoms with Crippen LogP contribution in [0.4, 0.5) is 0 Å². The minimum Gasteiger partial charge on any atom is -0.508 e. The van der Waals surface area contributed by atoms with Crippen molar-refractivity contribution in [2.45, 2.75) is 110 Å². The summed E-state index contributed by atoms with van der Waals surface area (Å²) in [4.78, 5) is 24.7. The molecule has 5 rings (SSSR count). The number of phenols is 1. The number of hydrogen-bond donors (Lipinski definition) is 4. The van der Waals surface area contributed by atoms with Gasteiger partial charge in [-0.1, -0.05) is 32.9 Å². The molecule has 216 valence electrons. The van der Waals surface area contributed by atoms with Crippen LogP contribution in [0.3, 0.4) is 0 Å². The lowest BCUT2D eigenvalue weighted by Crippen LogP contribution is -2.54. The van der Waals surface area contributed by atoms with E-state index in [4.69, 9.17) is 0 Å². The minimum absolute atomic E-state index is 0.0963. The van der Waals surface area contributed by atoms with Crippen LogP contribution >= 0.6 is 0 Å². The molecule has 6 heteroatoms. The van der Waals surface area contributed by atoms with Crippen molar-refractivity contribution in [2.24, 2.45) is 46.3 Å². The van der Waals surface area contributed by atoms with E-state index in [0.717, 1.165) is 42.6 Å². The molecule has 4 saturated carbocycles. The Kier molecular flexibility index (Phi) is 8.07. The predicted octanol–water partition coefficient (Wildman–Crippen LogP) is 5.94. The molecule has 6 nitrogen and oxygen atoms in total. The van der Waals surface area contributed by atoms with Crippen LogP contribution in [-0.4, -0.2) is 39.3 Å². The first-order chi connectivity index (χ1) is 18.5. The number of aliphatic carboxylic acids is 1. The molecule has 1 aromatic rings. The van der Waals surface area contributed by atoms with Crippen molar-refractivity contribution >= 4 is 11.9 Å². The summed E-state index contributed by atoms with van der Waals surface area (Å²) in [5.41, 5.74) is 1.49. The van der Waals surface area contributed by atoms with Gasteiger partial charge in [-0.2, -0.15) is 0 Å². The molecular weight excluding hydrogens is 490 g/mol. The highest BCUT2D eigenvalue weighted by Crippen LogP contribution is 2.68. The Morgan fingerprint density at radius 3 is 2.38 bits per heavy atom. The molecule has 4 aliphatic carbocycles. The fourth-order valence-electron chi connectivity index (χ4n) is 10.1. The van der Waals surface area contributed by atoms with E-state index in [9.17, 15) is 24.9 Å². The van der Waals surface area contributed by atoms with E-state index in [1.807, 2.05) is 0 Å². The Hall–Kier alpha value is -2.08. The van der Waals surface area contributed by atoms with Crippen LogP contribution in [0.2, 0.25) is 0 Å². The quantitative estimate of drug-likeness (QED) is 0.327. The number of carbonyl (C=O) groups excluding carboxylic acids is 1. The van der Waals surface area contributed by atoms with Crippen molar-refractivity contribution in [2.75, 3.05) is 0 Å². The van der Waals surface area contributed by atoms with Crippen LogP contribution in [0.5, 0.6) is 5.75 Å². The maximum absolute atomic E-state index is 12.8. The van der Waals surface area contributed by atoms with Gasteiger partial charge < -0.3 is 20.6 Å². The number of carboxylic acids is 1. The first kappa shape index (κ1) is 28.4. The van der Waals surface area contributed by atoms with E-state index in [-0.39, 0.29) is 24.2 Å². The molecule has 4 aliphatic rings. The zero-order valence-electron chi connectivity index (χ0n) is 24.1. The SMILES string of the molecule is CC(CCC(=O)NC(Cc1ccc(O)cc1)C(=O)O)[C@H]1CC[C@H]2[C@@H]3CC[C@@H]4C[C@H](O)CC[C@]4(C)[C@H]3CC[C@]12C. The molecular formula is C33H49NO5. The van der Waals surface area contributed by atoms with Gasteiger partial charge in [-0.05, 0) is 128 Å². The van der Waals surface area contributed by atoms with E-state index in [0.29, 0.717) is 35.0 Å². The van der Waals surface area contributed by atoms with E-state index >= 15 is 0 Å². The van der Waals surface area contributed by atoms with Crippen molar-refractivity contribution in [3.8, 4) is 5.75 Å². The topological polar surface area (TPSA) is 107 Å². The van der Waals surface area contributed by atoms with Gasteiger partial charge >= 0.3 is 5.97 Å². The Balaban J connectivity index is 1.17. The molecule has 4 fully saturated rings. The lowest BCUT2D eigenvalue weighted by atomic mass is 9.44. The molecule has 39 heavy (non-hydrogen) atoms. The number of aliphatic hydroxyl groups is 1. The molecule has 10 atom stereocenters. The van der Waals surface area contributed by atoms with E-state index in [1.54, 1.807) is 12.1 Å². The number of phenolic OH excluding ortho intramolecular Hbond substituents is 1. The van der Waals surface area contributed by atoms with Gasteiger partial charge in [0.25, 0.3) is 0 Å². The lowest BCUT2D eigenvalue weighted by molar-refractivity contribution is -0.141.